The molecule has 8 heteroatoms. The Bertz CT molecular complexity index is 437. The second kappa shape index (κ2) is 29.5. The van der Waals surface area contributed by atoms with Crippen molar-refractivity contribution in [2.45, 2.75) is 129 Å². The number of hydrogen-bond acceptors (Lipinski definition) is 3. The first-order valence-electron chi connectivity index (χ1n) is 12.6. The molecule has 0 aliphatic carbocycles. The Balaban J connectivity index is -0.000000597. The lowest BCUT2D eigenvalue weighted by molar-refractivity contribution is -0.137. The summed E-state index contributed by atoms with van der Waals surface area (Å²) in [5.74, 6) is -0.773. The molecular weight excluding hydrogens is 426 g/mol. The maximum absolute atomic E-state index is 10.3. The van der Waals surface area contributed by atoms with Crippen molar-refractivity contribution < 1.29 is 9.90 Å². The van der Waals surface area contributed by atoms with Crippen LogP contribution in [0.5, 0.6) is 0 Å². The van der Waals surface area contributed by atoms with Gasteiger partial charge in [0.1, 0.15) is 0 Å². The molecule has 0 amide bonds. The van der Waals surface area contributed by atoms with Gasteiger partial charge in [-0.15, -0.1) is 12.4 Å². The van der Waals surface area contributed by atoms with Crippen molar-refractivity contribution in [1.82, 2.24) is 10.6 Å². The highest BCUT2D eigenvalue weighted by Crippen LogP contribution is 2.13. The number of nitrogens with two attached hydrogens (primary N) is 1. The Hall–Kier alpha value is -1.50. The maximum Gasteiger partial charge on any atom is 0.303 e. The van der Waals surface area contributed by atoms with Crippen molar-refractivity contribution in [3.63, 3.8) is 0 Å². The molecule has 0 atom stereocenters. The Labute approximate surface area is 203 Å². The summed E-state index contributed by atoms with van der Waals surface area (Å²) in [5.41, 5.74) is 4.99. The lowest BCUT2D eigenvalue weighted by Gasteiger charge is -2.06. The van der Waals surface area contributed by atoms with E-state index in [1.54, 1.807) is 0 Å². The molecule has 0 aromatic carbocycles. The van der Waals surface area contributed by atoms with Gasteiger partial charge in [-0.1, -0.05) is 110 Å². The predicted octanol–water partition coefficient (Wildman–Crippen LogP) is 6.55. The van der Waals surface area contributed by atoms with Crippen molar-refractivity contribution in [1.29, 1.82) is 10.8 Å². The molecule has 0 rings (SSSR count). The van der Waals surface area contributed by atoms with Crippen LogP contribution in [0.2, 0.25) is 0 Å². The molecule has 7 N–H and O–H groups in total. The number of halogens is 1. The van der Waals surface area contributed by atoms with E-state index in [1.807, 2.05) is 0 Å². The third kappa shape index (κ3) is 35.9. The number of guanidine groups is 2. The SMILES string of the molecule is CCCCCCCCCCCCCCCCCC(=O)O.CCCCNC(=N)NC(=N)N.Cl. The average Bonchev–Trinajstić information content (AvgIpc) is 2.71. The standard InChI is InChI=1S/C18H36O2.C6H15N5.ClH/c1-2-3-4-5-6-7-8-9-10-11-12-13-14-15-16-17-18(19)20;1-2-3-4-10-6(9)11-5(7)8;/h2-17H2,1H3,(H,19,20);2-4H2,1H3,(H6,7,8,9,10,11);1H. The lowest BCUT2D eigenvalue weighted by Crippen LogP contribution is -2.43. The number of hydrogen-bond donors (Lipinski definition) is 6. The quantitative estimate of drug-likeness (QED) is 0.0711. The van der Waals surface area contributed by atoms with Crippen molar-refractivity contribution in [2.75, 3.05) is 6.54 Å². The highest BCUT2D eigenvalue weighted by molar-refractivity contribution is 5.94. The maximum atomic E-state index is 10.3. The van der Waals surface area contributed by atoms with E-state index in [1.165, 1.54) is 83.5 Å². The minimum Gasteiger partial charge on any atom is -0.481 e. The summed E-state index contributed by atoms with van der Waals surface area (Å²) in [6.07, 6.45) is 22.3. The third-order valence-corrected chi connectivity index (χ3v) is 5.09. The minimum atomic E-state index is -0.653. The van der Waals surface area contributed by atoms with Gasteiger partial charge in [-0.2, -0.15) is 0 Å². The highest BCUT2D eigenvalue weighted by atomic mass is 35.5. The number of carbonyl (C=O) groups is 1. The summed E-state index contributed by atoms with van der Waals surface area (Å²) in [6.45, 7) is 5.09. The van der Waals surface area contributed by atoms with Crippen LogP contribution < -0.4 is 16.4 Å². The normalized spacial score (nSPS) is 9.81. The number of unbranched alkanes of at least 4 members (excludes halogenated alkanes) is 15. The summed E-state index contributed by atoms with van der Waals surface area (Å²) in [4.78, 5) is 10.3. The monoisotopic (exact) mass is 477 g/mol. The molecule has 0 aromatic rings. The van der Waals surface area contributed by atoms with Gasteiger partial charge in [0.25, 0.3) is 0 Å². The Kier molecular flexibility index (Phi) is 32.4. The van der Waals surface area contributed by atoms with Gasteiger partial charge >= 0.3 is 5.97 Å². The molecule has 0 spiro atoms. The minimum absolute atomic E-state index is 0. The van der Waals surface area contributed by atoms with Gasteiger partial charge in [-0.05, 0) is 12.8 Å². The van der Waals surface area contributed by atoms with Crippen LogP contribution in [-0.2, 0) is 4.79 Å². The van der Waals surface area contributed by atoms with Crippen LogP contribution in [0.4, 0.5) is 0 Å². The van der Waals surface area contributed by atoms with E-state index in [-0.39, 0.29) is 24.3 Å². The highest BCUT2D eigenvalue weighted by Gasteiger charge is 1.97. The summed E-state index contributed by atoms with van der Waals surface area (Å²) in [7, 11) is 0. The lowest BCUT2D eigenvalue weighted by atomic mass is 10.0. The average molecular weight is 478 g/mol. The van der Waals surface area contributed by atoms with E-state index in [4.69, 9.17) is 21.7 Å². The van der Waals surface area contributed by atoms with E-state index >= 15 is 0 Å². The van der Waals surface area contributed by atoms with Gasteiger partial charge in [0, 0.05) is 13.0 Å². The molecule has 0 fully saturated rings. The molecule has 0 aliphatic rings. The summed E-state index contributed by atoms with van der Waals surface area (Å²) in [6, 6.07) is 0. The summed E-state index contributed by atoms with van der Waals surface area (Å²) < 4.78 is 0. The number of carboxylic acid groups (broad SMARTS) is 1. The predicted molar refractivity (Wildman–Crippen MR) is 140 cm³/mol. The zero-order valence-electron chi connectivity index (χ0n) is 20.8. The third-order valence-electron chi connectivity index (χ3n) is 5.09. The van der Waals surface area contributed by atoms with Crippen LogP contribution >= 0.6 is 12.4 Å². The molecule has 0 unspecified atom stereocenters. The van der Waals surface area contributed by atoms with Gasteiger partial charge < -0.3 is 16.2 Å². The smallest absolute Gasteiger partial charge is 0.303 e. The van der Waals surface area contributed by atoms with Crippen LogP contribution in [0.3, 0.4) is 0 Å². The van der Waals surface area contributed by atoms with E-state index in [9.17, 15) is 4.79 Å². The van der Waals surface area contributed by atoms with Crippen LogP contribution in [0.1, 0.15) is 129 Å². The summed E-state index contributed by atoms with van der Waals surface area (Å²) in [5, 5.41) is 27.6. The molecule has 0 aromatic heterocycles. The molecule has 0 saturated heterocycles. The van der Waals surface area contributed by atoms with Gasteiger partial charge in [0.15, 0.2) is 11.9 Å². The molecule has 0 radical (unpaired) electrons. The Morgan fingerprint density at radius 2 is 1.09 bits per heavy atom. The molecule has 0 aliphatic heterocycles. The fraction of sp³-hybridized carbons (Fsp3) is 0.875. The fourth-order valence-electron chi connectivity index (χ4n) is 3.22. The zero-order valence-corrected chi connectivity index (χ0v) is 21.6. The topological polar surface area (TPSA) is 135 Å². The second-order valence-corrected chi connectivity index (χ2v) is 8.29. The van der Waals surface area contributed by atoms with Crippen LogP contribution in [0, 0.1) is 10.8 Å². The first-order chi connectivity index (χ1) is 14.9. The van der Waals surface area contributed by atoms with Crippen molar-refractivity contribution in [3.8, 4) is 0 Å². The molecule has 0 heterocycles. The van der Waals surface area contributed by atoms with Gasteiger partial charge in [0.05, 0.1) is 0 Å². The molecule has 0 bridgehead atoms. The molecule has 192 valence electrons. The first kappa shape index (κ1) is 35.1. The molecule has 0 saturated carbocycles. The Morgan fingerprint density at radius 3 is 1.44 bits per heavy atom. The Morgan fingerprint density at radius 1 is 0.719 bits per heavy atom. The van der Waals surface area contributed by atoms with E-state index < -0.39 is 5.97 Å². The number of carboxylic acids is 1. The number of aliphatic carboxylic acids is 1. The van der Waals surface area contributed by atoms with Crippen LogP contribution in [0.25, 0.3) is 0 Å². The van der Waals surface area contributed by atoms with E-state index in [2.05, 4.69) is 24.5 Å². The van der Waals surface area contributed by atoms with Crippen molar-refractivity contribution >= 4 is 30.3 Å². The van der Waals surface area contributed by atoms with Crippen molar-refractivity contribution in [3.05, 3.63) is 0 Å². The second-order valence-electron chi connectivity index (χ2n) is 8.29. The van der Waals surface area contributed by atoms with Gasteiger partial charge in [-0.25, -0.2) is 0 Å². The molecule has 7 nitrogen and oxygen atoms in total. The van der Waals surface area contributed by atoms with Gasteiger partial charge in [-0.3, -0.25) is 20.9 Å². The van der Waals surface area contributed by atoms with E-state index in [0.29, 0.717) is 6.42 Å². The first-order valence-corrected chi connectivity index (χ1v) is 12.6. The largest absolute Gasteiger partial charge is 0.481 e. The molecular formula is C24H52ClN5O2. The fourth-order valence-corrected chi connectivity index (χ4v) is 3.22. The zero-order chi connectivity index (χ0) is 23.6. The summed E-state index contributed by atoms with van der Waals surface area (Å²) >= 11 is 0. The van der Waals surface area contributed by atoms with Crippen LogP contribution in [-0.4, -0.2) is 29.5 Å². The number of rotatable bonds is 19. The van der Waals surface area contributed by atoms with Crippen LogP contribution in [0.15, 0.2) is 0 Å². The van der Waals surface area contributed by atoms with E-state index in [0.717, 1.165) is 32.2 Å². The van der Waals surface area contributed by atoms with Gasteiger partial charge in [0.2, 0.25) is 0 Å². The van der Waals surface area contributed by atoms with Crippen molar-refractivity contribution in [2.24, 2.45) is 5.73 Å². The molecule has 32 heavy (non-hydrogen) atoms. The number of nitrogens with one attached hydrogen (secondary N) is 4.